The molecular weight excluding hydrogens is 298 g/mol. The number of benzene rings is 1. The van der Waals surface area contributed by atoms with Gasteiger partial charge in [-0.05, 0) is 18.2 Å². The third-order valence-corrected chi connectivity index (χ3v) is 4.61. The van der Waals surface area contributed by atoms with E-state index in [9.17, 15) is 9.59 Å². The molecule has 0 spiro atoms. The second-order valence-corrected chi connectivity index (χ2v) is 6.15. The molecule has 1 aliphatic heterocycles. The molecule has 0 saturated carbocycles. The van der Waals surface area contributed by atoms with Crippen LogP contribution in [0.4, 0.5) is 5.69 Å². The molecule has 104 valence electrons. The molecular formula is C13H12ClN3O2S. The van der Waals surface area contributed by atoms with Crippen LogP contribution in [-0.2, 0) is 4.79 Å². The van der Waals surface area contributed by atoms with Crippen LogP contribution in [0.2, 0.25) is 5.02 Å². The quantitative estimate of drug-likeness (QED) is 0.790. The molecule has 20 heavy (non-hydrogen) atoms. The first-order valence-corrected chi connectivity index (χ1v) is 7.29. The Balaban J connectivity index is 1.87. The number of nitrogens with two attached hydrogens (primary N) is 1. The standard InChI is InChI=1S/C13H12ClN3O2S/c14-6-1-2-8-9(3-6)20-12(11(8)15)13(19)17-7-4-10(18)16-5-7/h1-3,7H,4-5,15H2,(H,16,18)(H,17,19). The van der Waals surface area contributed by atoms with E-state index in [2.05, 4.69) is 10.6 Å². The zero-order valence-electron chi connectivity index (χ0n) is 10.4. The van der Waals surface area contributed by atoms with Gasteiger partial charge in [-0.15, -0.1) is 11.3 Å². The molecule has 1 saturated heterocycles. The van der Waals surface area contributed by atoms with Gasteiger partial charge in [0.1, 0.15) is 4.88 Å². The van der Waals surface area contributed by atoms with E-state index in [0.29, 0.717) is 28.6 Å². The summed E-state index contributed by atoms with van der Waals surface area (Å²) in [7, 11) is 0. The fraction of sp³-hybridized carbons (Fsp3) is 0.231. The number of amides is 2. The van der Waals surface area contributed by atoms with E-state index >= 15 is 0 Å². The molecule has 1 fully saturated rings. The molecule has 1 aromatic heterocycles. The fourth-order valence-electron chi connectivity index (χ4n) is 2.22. The summed E-state index contributed by atoms with van der Waals surface area (Å²) in [6, 6.07) is 5.16. The predicted octanol–water partition coefficient (Wildman–Crippen LogP) is 1.76. The number of anilines is 1. The summed E-state index contributed by atoms with van der Waals surface area (Å²) >= 11 is 7.24. The Bertz CT molecular complexity index is 713. The molecule has 4 N–H and O–H groups in total. The second kappa shape index (κ2) is 4.96. The lowest BCUT2D eigenvalue weighted by Gasteiger charge is -2.09. The van der Waals surface area contributed by atoms with E-state index in [-0.39, 0.29) is 17.9 Å². The van der Waals surface area contributed by atoms with E-state index < -0.39 is 0 Å². The number of fused-ring (bicyclic) bond motifs is 1. The van der Waals surface area contributed by atoms with Crippen LogP contribution in [0.1, 0.15) is 16.1 Å². The summed E-state index contributed by atoms with van der Waals surface area (Å²) in [4.78, 5) is 23.8. The van der Waals surface area contributed by atoms with Crippen molar-refractivity contribution >= 4 is 50.5 Å². The Labute approximate surface area is 124 Å². The maximum absolute atomic E-state index is 12.2. The molecule has 3 rings (SSSR count). The third-order valence-electron chi connectivity index (χ3n) is 3.21. The Morgan fingerprint density at radius 2 is 2.30 bits per heavy atom. The van der Waals surface area contributed by atoms with Crippen molar-refractivity contribution < 1.29 is 9.59 Å². The predicted molar refractivity (Wildman–Crippen MR) is 80.1 cm³/mol. The molecule has 2 aromatic rings. The van der Waals surface area contributed by atoms with Crippen LogP contribution < -0.4 is 16.4 Å². The van der Waals surface area contributed by atoms with Gasteiger partial charge < -0.3 is 16.4 Å². The molecule has 0 bridgehead atoms. The summed E-state index contributed by atoms with van der Waals surface area (Å²) in [5.74, 6) is -0.298. The fourth-order valence-corrected chi connectivity index (χ4v) is 3.52. The van der Waals surface area contributed by atoms with E-state index in [1.165, 1.54) is 11.3 Å². The number of hydrogen-bond donors (Lipinski definition) is 3. The van der Waals surface area contributed by atoms with Crippen molar-refractivity contribution in [3.8, 4) is 0 Å². The lowest BCUT2D eigenvalue weighted by Crippen LogP contribution is -2.36. The molecule has 5 nitrogen and oxygen atoms in total. The van der Waals surface area contributed by atoms with Crippen LogP contribution in [0.5, 0.6) is 0 Å². The minimum absolute atomic E-state index is 0.0496. The van der Waals surface area contributed by atoms with Gasteiger partial charge in [0.2, 0.25) is 5.91 Å². The normalized spacial score (nSPS) is 18.2. The Kier molecular flexibility index (Phi) is 3.27. The number of thiophene rings is 1. The minimum Gasteiger partial charge on any atom is -0.397 e. The minimum atomic E-state index is -0.249. The van der Waals surface area contributed by atoms with Crippen molar-refractivity contribution in [2.75, 3.05) is 12.3 Å². The van der Waals surface area contributed by atoms with Crippen LogP contribution in [0, 0.1) is 0 Å². The first kappa shape index (κ1) is 13.2. The highest BCUT2D eigenvalue weighted by Gasteiger charge is 2.25. The van der Waals surface area contributed by atoms with E-state index in [1.807, 2.05) is 0 Å². The zero-order valence-corrected chi connectivity index (χ0v) is 12.0. The number of hydrogen-bond acceptors (Lipinski definition) is 4. The van der Waals surface area contributed by atoms with E-state index in [0.717, 1.165) is 10.1 Å². The molecule has 1 aromatic carbocycles. The average molecular weight is 310 g/mol. The Morgan fingerprint density at radius 3 is 3.00 bits per heavy atom. The summed E-state index contributed by atoms with van der Waals surface area (Å²) < 4.78 is 0.876. The summed E-state index contributed by atoms with van der Waals surface area (Å²) in [5, 5.41) is 6.93. The van der Waals surface area contributed by atoms with Crippen LogP contribution >= 0.6 is 22.9 Å². The van der Waals surface area contributed by atoms with E-state index in [4.69, 9.17) is 17.3 Å². The second-order valence-electron chi connectivity index (χ2n) is 4.66. The van der Waals surface area contributed by atoms with Crippen molar-refractivity contribution in [2.45, 2.75) is 12.5 Å². The van der Waals surface area contributed by atoms with Crippen LogP contribution in [-0.4, -0.2) is 24.4 Å². The summed E-state index contributed by atoms with van der Waals surface area (Å²) in [6.45, 7) is 0.460. The maximum Gasteiger partial charge on any atom is 0.263 e. The van der Waals surface area contributed by atoms with Gasteiger partial charge >= 0.3 is 0 Å². The van der Waals surface area contributed by atoms with Gasteiger partial charge in [0.25, 0.3) is 5.91 Å². The number of carbonyl (C=O) groups excluding carboxylic acids is 2. The van der Waals surface area contributed by atoms with Gasteiger partial charge in [-0.3, -0.25) is 9.59 Å². The molecule has 0 aliphatic carbocycles. The number of nitrogens with one attached hydrogen (secondary N) is 2. The topological polar surface area (TPSA) is 84.2 Å². The smallest absolute Gasteiger partial charge is 0.263 e. The summed E-state index contributed by atoms with van der Waals surface area (Å²) in [5.41, 5.74) is 6.47. The first-order valence-electron chi connectivity index (χ1n) is 6.09. The van der Waals surface area contributed by atoms with Crippen LogP contribution in [0.25, 0.3) is 10.1 Å². The number of nitrogen functional groups attached to an aromatic ring is 1. The number of carbonyl (C=O) groups is 2. The van der Waals surface area contributed by atoms with Crippen molar-refractivity contribution in [2.24, 2.45) is 0 Å². The number of rotatable bonds is 2. The average Bonchev–Trinajstić information content (AvgIpc) is 2.94. The van der Waals surface area contributed by atoms with Crippen LogP contribution in [0.15, 0.2) is 18.2 Å². The molecule has 2 heterocycles. The lowest BCUT2D eigenvalue weighted by atomic mass is 10.2. The van der Waals surface area contributed by atoms with Crippen molar-refractivity contribution in [3.63, 3.8) is 0 Å². The van der Waals surface area contributed by atoms with Gasteiger partial charge in [-0.2, -0.15) is 0 Å². The third kappa shape index (κ3) is 2.32. The monoisotopic (exact) mass is 309 g/mol. The van der Waals surface area contributed by atoms with Gasteiger partial charge in [-0.25, -0.2) is 0 Å². The Morgan fingerprint density at radius 1 is 1.50 bits per heavy atom. The molecule has 2 amide bonds. The highest BCUT2D eigenvalue weighted by atomic mass is 35.5. The van der Waals surface area contributed by atoms with Gasteiger partial charge in [0.15, 0.2) is 0 Å². The summed E-state index contributed by atoms with van der Waals surface area (Å²) in [6.07, 6.45) is 0.308. The van der Waals surface area contributed by atoms with E-state index in [1.54, 1.807) is 18.2 Å². The van der Waals surface area contributed by atoms with Gasteiger partial charge in [-0.1, -0.05) is 11.6 Å². The highest BCUT2D eigenvalue weighted by Crippen LogP contribution is 2.35. The molecule has 7 heteroatoms. The lowest BCUT2D eigenvalue weighted by molar-refractivity contribution is -0.119. The van der Waals surface area contributed by atoms with Crippen LogP contribution in [0.3, 0.4) is 0 Å². The molecule has 1 aliphatic rings. The Hall–Kier alpha value is -1.79. The molecule has 1 unspecified atom stereocenters. The first-order chi connectivity index (χ1) is 9.54. The van der Waals surface area contributed by atoms with Crippen molar-refractivity contribution in [1.29, 1.82) is 0 Å². The largest absolute Gasteiger partial charge is 0.397 e. The van der Waals surface area contributed by atoms with Crippen molar-refractivity contribution in [1.82, 2.24) is 10.6 Å². The molecule has 1 atom stereocenters. The maximum atomic E-state index is 12.2. The SMILES string of the molecule is Nc1c(C(=O)NC2CNC(=O)C2)sc2cc(Cl)ccc12. The van der Waals surface area contributed by atoms with Gasteiger partial charge in [0, 0.05) is 28.1 Å². The number of halogens is 1. The van der Waals surface area contributed by atoms with Gasteiger partial charge in [0.05, 0.1) is 11.7 Å². The zero-order chi connectivity index (χ0) is 14.3. The molecule has 0 radical (unpaired) electrons. The highest BCUT2D eigenvalue weighted by molar-refractivity contribution is 7.21. The van der Waals surface area contributed by atoms with Crippen molar-refractivity contribution in [3.05, 3.63) is 28.1 Å².